The number of fused-ring (bicyclic) bond motifs is 1. The van der Waals surface area contributed by atoms with Gasteiger partial charge < -0.3 is 24.0 Å². The van der Waals surface area contributed by atoms with Crippen molar-refractivity contribution in [3.8, 4) is 17.2 Å². The van der Waals surface area contributed by atoms with Gasteiger partial charge in [-0.3, -0.25) is 9.59 Å². The van der Waals surface area contributed by atoms with Gasteiger partial charge in [0.15, 0.2) is 11.5 Å². The number of carbonyl (C=O) groups excluding carboxylic acids is 2. The second kappa shape index (κ2) is 10.1. The number of methoxy groups -OCH3 is 3. The predicted octanol–water partition coefficient (Wildman–Crippen LogP) is 4.20. The van der Waals surface area contributed by atoms with Crippen molar-refractivity contribution in [3.05, 3.63) is 53.1 Å². The zero-order valence-electron chi connectivity index (χ0n) is 19.6. The lowest BCUT2D eigenvalue weighted by Crippen LogP contribution is -2.37. The molecule has 33 heavy (non-hydrogen) atoms. The topological polar surface area (TPSA) is 68.3 Å². The highest BCUT2D eigenvalue weighted by molar-refractivity contribution is 5.99. The van der Waals surface area contributed by atoms with E-state index in [1.807, 2.05) is 41.3 Å². The molecular weight excluding hydrogens is 420 g/mol. The number of benzene rings is 2. The van der Waals surface area contributed by atoms with E-state index in [0.29, 0.717) is 29.4 Å². The Balaban J connectivity index is 1.72. The molecule has 0 saturated carbocycles. The maximum absolute atomic E-state index is 13.4. The molecule has 7 nitrogen and oxygen atoms in total. The highest BCUT2D eigenvalue weighted by Gasteiger charge is 2.36. The molecule has 1 atom stereocenters. The monoisotopic (exact) mass is 452 g/mol. The van der Waals surface area contributed by atoms with Crippen LogP contribution in [0.25, 0.3) is 0 Å². The molecule has 0 aliphatic carbocycles. The predicted molar refractivity (Wildman–Crippen MR) is 125 cm³/mol. The normalized spacial score (nSPS) is 16.8. The SMILES string of the molecule is COc1cc([C@@H](CC(=O)N2CCCCCC2)N2Cc3ccccc3C2=O)cc(OC)c1OC. The van der Waals surface area contributed by atoms with Gasteiger partial charge in [-0.05, 0) is 42.2 Å². The Morgan fingerprint density at radius 1 is 0.939 bits per heavy atom. The molecule has 0 N–H and O–H groups in total. The van der Waals surface area contributed by atoms with Gasteiger partial charge in [0.1, 0.15) is 0 Å². The maximum Gasteiger partial charge on any atom is 0.255 e. The number of hydrogen-bond acceptors (Lipinski definition) is 5. The molecule has 1 saturated heterocycles. The maximum atomic E-state index is 13.4. The van der Waals surface area contributed by atoms with Gasteiger partial charge in [0, 0.05) is 25.2 Å². The number of rotatable bonds is 7. The van der Waals surface area contributed by atoms with Crippen molar-refractivity contribution < 1.29 is 23.8 Å². The minimum Gasteiger partial charge on any atom is -0.493 e. The smallest absolute Gasteiger partial charge is 0.255 e. The fourth-order valence-electron chi connectivity index (χ4n) is 4.84. The van der Waals surface area contributed by atoms with Crippen LogP contribution in [-0.2, 0) is 11.3 Å². The first-order valence-electron chi connectivity index (χ1n) is 11.5. The van der Waals surface area contributed by atoms with Gasteiger partial charge in [0.05, 0.1) is 33.8 Å². The van der Waals surface area contributed by atoms with Gasteiger partial charge in [-0.25, -0.2) is 0 Å². The molecule has 176 valence electrons. The molecule has 2 aromatic rings. The number of nitrogens with zero attached hydrogens (tertiary/aromatic N) is 2. The van der Waals surface area contributed by atoms with E-state index in [0.717, 1.165) is 49.9 Å². The number of amides is 2. The van der Waals surface area contributed by atoms with Crippen LogP contribution >= 0.6 is 0 Å². The lowest BCUT2D eigenvalue weighted by atomic mass is 9.99. The van der Waals surface area contributed by atoms with Crippen LogP contribution in [0.15, 0.2) is 36.4 Å². The van der Waals surface area contributed by atoms with Crippen LogP contribution in [0.1, 0.15) is 59.6 Å². The van der Waals surface area contributed by atoms with Gasteiger partial charge in [-0.2, -0.15) is 0 Å². The van der Waals surface area contributed by atoms with Crippen LogP contribution < -0.4 is 14.2 Å². The standard InChI is InChI=1S/C26H32N2O5/c1-31-22-14-19(15-23(32-2)25(22)33-3)21(16-24(29)27-12-8-4-5-9-13-27)28-17-18-10-6-7-11-20(18)26(28)30/h6-7,10-11,14-15,21H,4-5,8-9,12-13,16-17H2,1-3H3/t21-/m1/s1. The fraction of sp³-hybridized carbons (Fsp3) is 0.462. The first-order chi connectivity index (χ1) is 16.1. The van der Waals surface area contributed by atoms with E-state index in [4.69, 9.17) is 14.2 Å². The minimum absolute atomic E-state index is 0.0620. The molecule has 0 unspecified atom stereocenters. The Hall–Kier alpha value is -3.22. The van der Waals surface area contributed by atoms with Crippen LogP contribution in [0.5, 0.6) is 17.2 Å². The van der Waals surface area contributed by atoms with E-state index in [2.05, 4.69) is 0 Å². The van der Waals surface area contributed by atoms with Crippen molar-refractivity contribution in [1.29, 1.82) is 0 Å². The quantitative estimate of drug-likeness (QED) is 0.630. The van der Waals surface area contributed by atoms with Crippen LogP contribution in [0, 0.1) is 0 Å². The first kappa shape index (κ1) is 23.0. The summed E-state index contributed by atoms with van der Waals surface area (Å²) < 4.78 is 16.6. The Morgan fingerprint density at radius 2 is 1.58 bits per heavy atom. The molecule has 2 heterocycles. The molecule has 0 radical (unpaired) electrons. The van der Waals surface area contributed by atoms with Crippen molar-refractivity contribution in [1.82, 2.24) is 9.80 Å². The Morgan fingerprint density at radius 3 is 2.15 bits per heavy atom. The van der Waals surface area contributed by atoms with Crippen molar-refractivity contribution in [2.45, 2.75) is 44.7 Å². The largest absolute Gasteiger partial charge is 0.493 e. The van der Waals surface area contributed by atoms with E-state index in [1.165, 1.54) is 0 Å². The summed E-state index contributed by atoms with van der Waals surface area (Å²) in [5.74, 6) is 1.50. The summed E-state index contributed by atoms with van der Waals surface area (Å²) in [6, 6.07) is 10.9. The molecule has 2 amide bonds. The minimum atomic E-state index is -0.450. The number of ether oxygens (including phenoxy) is 3. The van der Waals surface area contributed by atoms with E-state index in [-0.39, 0.29) is 18.2 Å². The molecule has 2 aliphatic rings. The molecular formula is C26H32N2O5. The fourth-order valence-corrected chi connectivity index (χ4v) is 4.84. The Bertz CT molecular complexity index is 988. The third-order valence-electron chi connectivity index (χ3n) is 6.62. The molecule has 2 aromatic carbocycles. The first-order valence-corrected chi connectivity index (χ1v) is 11.5. The number of carbonyl (C=O) groups is 2. The van der Waals surface area contributed by atoms with Gasteiger partial charge in [-0.15, -0.1) is 0 Å². The van der Waals surface area contributed by atoms with E-state index >= 15 is 0 Å². The second-order valence-corrected chi connectivity index (χ2v) is 8.56. The Labute approximate surface area is 195 Å². The summed E-state index contributed by atoms with van der Waals surface area (Å²) in [7, 11) is 4.69. The van der Waals surface area contributed by atoms with E-state index in [9.17, 15) is 9.59 Å². The van der Waals surface area contributed by atoms with Crippen LogP contribution in [0.4, 0.5) is 0 Å². The molecule has 0 bridgehead atoms. The average Bonchev–Trinajstić information content (AvgIpc) is 3.01. The molecule has 4 rings (SSSR count). The third-order valence-corrected chi connectivity index (χ3v) is 6.62. The molecule has 0 spiro atoms. The third kappa shape index (κ3) is 4.63. The van der Waals surface area contributed by atoms with Gasteiger partial charge in [-0.1, -0.05) is 31.0 Å². The highest BCUT2D eigenvalue weighted by Crippen LogP contribution is 2.43. The van der Waals surface area contributed by atoms with Crippen molar-refractivity contribution >= 4 is 11.8 Å². The summed E-state index contributed by atoms with van der Waals surface area (Å²) in [5, 5.41) is 0. The van der Waals surface area contributed by atoms with E-state index in [1.54, 1.807) is 26.2 Å². The van der Waals surface area contributed by atoms with Gasteiger partial charge in [0.25, 0.3) is 5.91 Å². The Kier molecular flexibility index (Phi) is 7.06. The van der Waals surface area contributed by atoms with E-state index < -0.39 is 6.04 Å². The molecule has 7 heteroatoms. The second-order valence-electron chi connectivity index (χ2n) is 8.56. The van der Waals surface area contributed by atoms with Crippen LogP contribution in [0.2, 0.25) is 0 Å². The van der Waals surface area contributed by atoms with Crippen LogP contribution in [0.3, 0.4) is 0 Å². The lowest BCUT2D eigenvalue weighted by molar-refractivity contribution is -0.132. The summed E-state index contributed by atoms with van der Waals surface area (Å²) in [4.78, 5) is 30.5. The number of hydrogen-bond donors (Lipinski definition) is 0. The van der Waals surface area contributed by atoms with Gasteiger partial charge >= 0.3 is 0 Å². The lowest BCUT2D eigenvalue weighted by Gasteiger charge is -2.31. The number of likely N-dealkylation sites (tertiary alicyclic amines) is 1. The van der Waals surface area contributed by atoms with Crippen molar-refractivity contribution in [2.24, 2.45) is 0 Å². The highest BCUT2D eigenvalue weighted by atomic mass is 16.5. The summed E-state index contributed by atoms with van der Waals surface area (Å²) in [6.07, 6.45) is 4.56. The molecule has 0 aromatic heterocycles. The van der Waals surface area contributed by atoms with Crippen molar-refractivity contribution in [3.63, 3.8) is 0 Å². The zero-order chi connectivity index (χ0) is 23.4. The summed E-state index contributed by atoms with van der Waals surface area (Å²) in [6.45, 7) is 2.01. The molecule has 2 aliphatic heterocycles. The average molecular weight is 453 g/mol. The summed E-state index contributed by atoms with van der Waals surface area (Å²) in [5.41, 5.74) is 2.45. The molecule has 1 fully saturated rings. The van der Waals surface area contributed by atoms with Gasteiger partial charge in [0.2, 0.25) is 11.7 Å². The zero-order valence-corrected chi connectivity index (χ0v) is 19.6. The van der Waals surface area contributed by atoms with Crippen molar-refractivity contribution in [2.75, 3.05) is 34.4 Å². The van der Waals surface area contributed by atoms with Crippen LogP contribution in [-0.4, -0.2) is 56.0 Å². The summed E-state index contributed by atoms with van der Waals surface area (Å²) >= 11 is 0.